The lowest BCUT2D eigenvalue weighted by molar-refractivity contribution is -0.111. The topological polar surface area (TPSA) is 70.8 Å². The summed E-state index contributed by atoms with van der Waals surface area (Å²) in [5.74, 6) is 6.62. The van der Waals surface area contributed by atoms with Crippen LogP contribution in [0, 0.1) is 0 Å². The number of amides is 1. The lowest BCUT2D eigenvalue weighted by Crippen LogP contribution is -2.55. The molecule has 1 amide bonds. The van der Waals surface area contributed by atoms with Crippen molar-refractivity contribution in [3.8, 4) is 0 Å². The highest BCUT2D eigenvalue weighted by Gasteiger charge is 2.33. The Bertz CT molecular complexity index is 342. The molecule has 0 aromatic carbocycles. The minimum Gasteiger partial charge on any atom is -0.481 e. The molecule has 2 rings (SSSR count). The number of nitrogens with two attached hydrogens (primary N) is 1. The van der Waals surface area contributed by atoms with Gasteiger partial charge in [-0.25, -0.2) is 5.84 Å². The van der Waals surface area contributed by atoms with Crippen LogP contribution in [0.1, 0.15) is 12.8 Å². The third-order valence-electron chi connectivity index (χ3n) is 3.17. The van der Waals surface area contributed by atoms with E-state index >= 15 is 0 Å². The minimum atomic E-state index is -0.0742. The molecule has 0 aromatic rings. The molecule has 2 atom stereocenters. The van der Waals surface area contributed by atoms with Gasteiger partial charge in [-0.05, 0) is 25.0 Å². The van der Waals surface area contributed by atoms with Crippen molar-refractivity contribution in [1.82, 2.24) is 15.2 Å². The fourth-order valence-corrected chi connectivity index (χ4v) is 2.35. The molecule has 0 aliphatic carbocycles. The molecule has 0 radical (unpaired) electrons. The van der Waals surface area contributed by atoms with Crippen LogP contribution >= 0.6 is 0 Å². The van der Waals surface area contributed by atoms with Gasteiger partial charge in [-0.3, -0.25) is 14.7 Å². The fraction of sp³-hybridized carbons (Fsp3) is 0.545. The van der Waals surface area contributed by atoms with Crippen molar-refractivity contribution in [2.24, 2.45) is 5.84 Å². The Morgan fingerprint density at radius 3 is 3.18 bits per heavy atom. The summed E-state index contributed by atoms with van der Waals surface area (Å²) in [6.45, 7) is 0.908. The van der Waals surface area contributed by atoms with Crippen LogP contribution in [-0.4, -0.2) is 42.3 Å². The molecule has 6 heteroatoms. The number of methoxy groups -OCH3 is 1. The first-order chi connectivity index (χ1) is 8.27. The first kappa shape index (κ1) is 11.9. The maximum Gasteiger partial charge on any atom is 0.208 e. The second-order valence-electron chi connectivity index (χ2n) is 4.10. The van der Waals surface area contributed by atoms with E-state index in [1.54, 1.807) is 12.1 Å². The summed E-state index contributed by atoms with van der Waals surface area (Å²) >= 11 is 0. The maximum absolute atomic E-state index is 10.6. The minimum absolute atomic E-state index is 0.0457. The van der Waals surface area contributed by atoms with Gasteiger partial charge in [0.05, 0.1) is 13.3 Å². The fourth-order valence-electron chi connectivity index (χ4n) is 2.35. The summed E-state index contributed by atoms with van der Waals surface area (Å²) in [7, 11) is 1.59. The number of nitrogens with zero attached hydrogens (tertiary/aromatic N) is 2. The molecule has 0 bridgehead atoms. The van der Waals surface area contributed by atoms with Gasteiger partial charge < -0.3 is 10.1 Å². The zero-order valence-electron chi connectivity index (χ0n) is 9.87. The first-order valence-electron chi connectivity index (χ1n) is 5.69. The highest BCUT2D eigenvalue weighted by Crippen LogP contribution is 2.23. The van der Waals surface area contributed by atoms with Gasteiger partial charge in [0.1, 0.15) is 6.17 Å². The van der Waals surface area contributed by atoms with Gasteiger partial charge in [0.2, 0.25) is 12.3 Å². The molecule has 1 fully saturated rings. The van der Waals surface area contributed by atoms with Crippen LogP contribution in [0.2, 0.25) is 0 Å². The number of ether oxygens (including phenoxy) is 1. The van der Waals surface area contributed by atoms with E-state index in [4.69, 9.17) is 10.6 Å². The predicted octanol–water partition coefficient (Wildman–Crippen LogP) is -0.286. The van der Waals surface area contributed by atoms with Crippen LogP contribution in [0.25, 0.3) is 0 Å². The number of hydrogen-bond donors (Lipinski definition) is 2. The van der Waals surface area contributed by atoms with Crippen LogP contribution in [-0.2, 0) is 9.53 Å². The monoisotopic (exact) mass is 238 g/mol. The van der Waals surface area contributed by atoms with Gasteiger partial charge in [-0.1, -0.05) is 6.08 Å². The number of carbonyl (C=O) groups excluding carboxylic acids is 1. The molecular formula is C11H18N4O2. The number of rotatable bonds is 4. The number of carbonyl (C=O) groups is 1. The van der Waals surface area contributed by atoms with E-state index in [9.17, 15) is 4.79 Å². The van der Waals surface area contributed by atoms with Crippen LogP contribution in [0.3, 0.4) is 0 Å². The molecular weight excluding hydrogens is 220 g/mol. The summed E-state index contributed by atoms with van der Waals surface area (Å²) in [4.78, 5) is 12.7. The van der Waals surface area contributed by atoms with Crippen molar-refractivity contribution in [2.45, 2.75) is 25.2 Å². The third-order valence-corrected chi connectivity index (χ3v) is 3.17. The molecule has 2 heterocycles. The normalized spacial score (nSPS) is 29.1. The van der Waals surface area contributed by atoms with Crippen LogP contribution in [0.4, 0.5) is 0 Å². The quantitative estimate of drug-likeness (QED) is 0.520. The van der Waals surface area contributed by atoms with Crippen molar-refractivity contribution in [1.29, 1.82) is 0 Å². The zero-order valence-corrected chi connectivity index (χ0v) is 9.87. The highest BCUT2D eigenvalue weighted by atomic mass is 16.5. The van der Waals surface area contributed by atoms with E-state index in [1.807, 2.05) is 18.2 Å². The summed E-state index contributed by atoms with van der Waals surface area (Å²) in [5.41, 5.74) is 0. The Hall–Kier alpha value is -1.53. The van der Waals surface area contributed by atoms with E-state index in [0.717, 1.165) is 25.8 Å². The van der Waals surface area contributed by atoms with Crippen molar-refractivity contribution in [3.63, 3.8) is 0 Å². The summed E-state index contributed by atoms with van der Waals surface area (Å²) in [5, 5.41) is 4.39. The molecule has 2 aliphatic heterocycles. The van der Waals surface area contributed by atoms with Crippen molar-refractivity contribution >= 4 is 6.41 Å². The van der Waals surface area contributed by atoms with Gasteiger partial charge in [0.15, 0.2) is 0 Å². The Balaban J connectivity index is 2.09. The van der Waals surface area contributed by atoms with Gasteiger partial charge in [0.25, 0.3) is 0 Å². The molecule has 0 aromatic heterocycles. The SMILES string of the molecule is COC1=CC=CC(N2CCCC2NC=O)N1N. The van der Waals surface area contributed by atoms with E-state index in [1.165, 1.54) is 0 Å². The molecule has 2 unspecified atom stereocenters. The lowest BCUT2D eigenvalue weighted by Gasteiger charge is -2.38. The van der Waals surface area contributed by atoms with E-state index < -0.39 is 0 Å². The van der Waals surface area contributed by atoms with Crippen molar-refractivity contribution in [3.05, 3.63) is 24.1 Å². The first-order valence-corrected chi connectivity index (χ1v) is 5.69. The standard InChI is InChI=1S/C11H18N4O2/c1-17-11-6-2-5-10(15(11)12)14-7-3-4-9(14)13-8-16/h2,5-6,8-10H,3-4,7,12H2,1H3,(H,13,16). The molecule has 6 nitrogen and oxygen atoms in total. The zero-order chi connectivity index (χ0) is 12.3. The van der Waals surface area contributed by atoms with Crippen molar-refractivity contribution < 1.29 is 9.53 Å². The number of likely N-dealkylation sites (tertiary alicyclic amines) is 1. The van der Waals surface area contributed by atoms with Crippen molar-refractivity contribution in [2.75, 3.05) is 13.7 Å². The van der Waals surface area contributed by atoms with E-state index in [-0.39, 0.29) is 12.3 Å². The highest BCUT2D eigenvalue weighted by molar-refractivity contribution is 5.46. The smallest absolute Gasteiger partial charge is 0.208 e. The summed E-state index contributed by atoms with van der Waals surface area (Å²) in [6, 6.07) is 0. The van der Waals surface area contributed by atoms with Crippen LogP contribution in [0.5, 0.6) is 0 Å². The predicted molar refractivity (Wildman–Crippen MR) is 63.0 cm³/mol. The average Bonchev–Trinajstić information content (AvgIpc) is 2.78. The number of allylic oxidation sites excluding steroid dienone is 2. The number of hydrazine groups is 1. The Morgan fingerprint density at radius 1 is 1.65 bits per heavy atom. The van der Waals surface area contributed by atoms with Gasteiger partial charge >= 0.3 is 0 Å². The number of hydrogen-bond acceptors (Lipinski definition) is 5. The molecule has 1 saturated heterocycles. The van der Waals surface area contributed by atoms with Gasteiger partial charge in [-0.15, -0.1) is 0 Å². The van der Waals surface area contributed by atoms with E-state index in [0.29, 0.717) is 5.88 Å². The van der Waals surface area contributed by atoms with Crippen LogP contribution in [0.15, 0.2) is 24.1 Å². The number of nitrogens with one attached hydrogen (secondary N) is 1. The summed E-state index contributed by atoms with van der Waals surface area (Å²) in [6.07, 6.45) is 8.44. The van der Waals surface area contributed by atoms with Gasteiger partial charge in [0, 0.05) is 6.54 Å². The Kier molecular flexibility index (Phi) is 3.65. The molecule has 3 N–H and O–H groups in total. The molecule has 94 valence electrons. The molecule has 0 saturated carbocycles. The van der Waals surface area contributed by atoms with Crippen LogP contribution < -0.4 is 11.2 Å². The second kappa shape index (κ2) is 5.20. The lowest BCUT2D eigenvalue weighted by atomic mass is 10.2. The second-order valence-corrected chi connectivity index (χ2v) is 4.10. The Labute approximate surface area is 101 Å². The van der Waals surface area contributed by atoms with E-state index in [2.05, 4.69) is 10.2 Å². The third kappa shape index (κ3) is 2.27. The molecule has 17 heavy (non-hydrogen) atoms. The average molecular weight is 238 g/mol. The largest absolute Gasteiger partial charge is 0.481 e. The summed E-state index contributed by atoms with van der Waals surface area (Å²) < 4.78 is 5.18. The van der Waals surface area contributed by atoms with Gasteiger partial charge in [-0.2, -0.15) is 0 Å². The molecule has 0 spiro atoms. The molecule has 2 aliphatic rings. The maximum atomic E-state index is 10.6. The Morgan fingerprint density at radius 2 is 2.47 bits per heavy atom.